The number of benzene rings is 3. The van der Waals surface area contributed by atoms with Crippen LogP contribution in [0.25, 0.3) is 11.0 Å². The lowest BCUT2D eigenvalue weighted by Gasteiger charge is -2.32. The van der Waals surface area contributed by atoms with E-state index < -0.39 is 0 Å². The number of likely N-dealkylation sites (tertiary alicyclic amines) is 1. The van der Waals surface area contributed by atoms with Gasteiger partial charge in [0.2, 0.25) is 5.95 Å². The van der Waals surface area contributed by atoms with Gasteiger partial charge in [-0.15, -0.1) is 0 Å². The summed E-state index contributed by atoms with van der Waals surface area (Å²) in [6.07, 6.45) is 3.22. The van der Waals surface area contributed by atoms with Gasteiger partial charge in [0.05, 0.1) is 24.7 Å². The maximum atomic E-state index is 13.5. The van der Waals surface area contributed by atoms with Gasteiger partial charge in [-0.1, -0.05) is 24.3 Å². The second-order valence-electron chi connectivity index (χ2n) is 9.93. The van der Waals surface area contributed by atoms with Crippen molar-refractivity contribution in [3.05, 3.63) is 88.7 Å². The van der Waals surface area contributed by atoms with Crippen molar-refractivity contribution in [3.8, 4) is 5.75 Å². The minimum absolute atomic E-state index is 0.210. The highest BCUT2D eigenvalue weighted by Gasteiger charge is 2.22. The third kappa shape index (κ3) is 5.54. The third-order valence-corrected chi connectivity index (χ3v) is 7.41. The van der Waals surface area contributed by atoms with Crippen LogP contribution in [-0.2, 0) is 13.0 Å². The second-order valence-corrected chi connectivity index (χ2v) is 9.93. The largest absolute Gasteiger partial charge is 0.497 e. The van der Waals surface area contributed by atoms with Crippen LogP contribution in [0.5, 0.6) is 5.75 Å². The summed E-state index contributed by atoms with van der Waals surface area (Å²) < 4.78 is 21.0. The van der Waals surface area contributed by atoms with Crippen LogP contribution >= 0.6 is 0 Å². The Morgan fingerprint density at radius 2 is 1.61 bits per heavy atom. The minimum atomic E-state index is -0.210. The van der Waals surface area contributed by atoms with E-state index in [-0.39, 0.29) is 5.82 Å². The number of hydrogen-bond acceptors (Lipinski definition) is 4. The van der Waals surface area contributed by atoms with Crippen LogP contribution in [0.4, 0.5) is 10.3 Å². The number of methoxy groups -OCH3 is 1. The lowest BCUT2D eigenvalue weighted by molar-refractivity contribution is 0.221. The third-order valence-electron chi connectivity index (χ3n) is 7.41. The molecule has 1 aliphatic rings. The van der Waals surface area contributed by atoms with Crippen molar-refractivity contribution in [1.82, 2.24) is 14.5 Å². The lowest BCUT2D eigenvalue weighted by Crippen LogP contribution is -2.40. The fourth-order valence-corrected chi connectivity index (χ4v) is 4.99. The fraction of sp³-hybridized carbons (Fsp3) is 0.367. The van der Waals surface area contributed by atoms with E-state index in [0.717, 1.165) is 67.2 Å². The minimum Gasteiger partial charge on any atom is -0.497 e. The first-order valence-electron chi connectivity index (χ1n) is 12.8. The molecule has 188 valence electrons. The van der Waals surface area contributed by atoms with Gasteiger partial charge in [-0.3, -0.25) is 0 Å². The van der Waals surface area contributed by atoms with Gasteiger partial charge in [-0.25, -0.2) is 9.37 Å². The molecule has 2 heterocycles. The van der Waals surface area contributed by atoms with Gasteiger partial charge in [-0.2, -0.15) is 0 Å². The van der Waals surface area contributed by atoms with Gasteiger partial charge in [0, 0.05) is 25.7 Å². The topological polar surface area (TPSA) is 42.3 Å². The first-order valence-corrected chi connectivity index (χ1v) is 12.8. The molecule has 36 heavy (non-hydrogen) atoms. The van der Waals surface area contributed by atoms with Crippen LogP contribution in [-0.4, -0.2) is 47.2 Å². The van der Waals surface area contributed by atoms with Gasteiger partial charge in [0.15, 0.2) is 0 Å². The van der Waals surface area contributed by atoms with Gasteiger partial charge in [0.25, 0.3) is 0 Å². The van der Waals surface area contributed by atoms with Crippen molar-refractivity contribution in [2.45, 2.75) is 45.7 Å². The summed E-state index contributed by atoms with van der Waals surface area (Å²) in [6.45, 7) is 8.14. The van der Waals surface area contributed by atoms with E-state index in [2.05, 4.69) is 52.9 Å². The van der Waals surface area contributed by atoms with Crippen LogP contribution in [0, 0.1) is 19.7 Å². The summed E-state index contributed by atoms with van der Waals surface area (Å²) in [4.78, 5) is 7.54. The van der Waals surface area contributed by atoms with E-state index in [9.17, 15) is 4.39 Å². The van der Waals surface area contributed by atoms with Crippen molar-refractivity contribution < 1.29 is 9.13 Å². The van der Waals surface area contributed by atoms with E-state index in [1.54, 1.807) is 7.11 Å². The fourth-order valence-electron chi connectivity index (χ4n) is 4.99. The summed E-state index contributed by atoms with van der Waals surface area (Å²) >= 11 is 0. The summed E-state index contributed by atoms with van der Waals surface area (Å²) in [5.74, 6) is 1.59. The first-order chi connectivity index (χ1) is 17.5. The normalized spacial score (nSPS) is 14.9. The number of aryl methyl sites for hydroxylation is 2. The molecule has 0 aliphatic carbocycles. The SMILES string of the molecule is COc1ccc(CCN2CCC(Nc3nc4cc(C)c(C)cc4n3Cc3ccc(F)cc3)CC2)cc1. The average molecular weight is 487 g/mol. The molecular formula is C30H35FN4O. The standard InChI is InChI=1S/C30H35FN4O/c1-21-18-28-29(19-22(21)2)35(20-24-4-8-25(31)9-5-24)30(33-28)32-26-13-16-34(17-14-26)15-12-23-6-10-27(36-3)11-7-23/h4-11,18-19,26H,12-17,20H2,1-3H3,(H,32,33). The molecule has 3 aromatic carbocycles. The maximum Gasteiger partial charge on any atom is 0.204 e. The summed E-state index contributed by atoms with van der Waals surface area (Å²) in [5, 5.41) is 3.75. The van der Waals surface area contributed by atoms with Crippen LogP contribution in [0.15, 0.2) is 60.7 Å². The molecule has 1 saturated heterocycles. The molecule has 0 unspecified atom stereocenters. The summed E-state index contributed by atoms with van der Waals surface area (Å²) in [6, 6.07) is 19.9. The number of anilines is 1. The molecule has 0 radical (unpaired) electrons. The quantitative estimate of drug-likeness (QED) is 0.333. The first kappa shape index (κ1) is 24.3. The van der Waals surface area contributed by atoms with Crippen LogP contribution in [0.1, 0.15) is 35.1 Å². The molecule has 5 nitrogen and oxygen atoms in total. The van der Waals surface area contributed by atoms with E-state index in [4.69, 9.17) is 9.72 Å². The van der Waals surface area contributed by atoms with Crippen molar-refractivity contribution in [3.63, 3.8) is 0 Å². The molecule has 1 fully saturated rings. The Hall–Kier alpha value is -3.38. The zero-order chi connectivity index (χ0) is 25.1. The van der Waals surface area contributed by atoms with Crippen LogP contribution in [0.2, 0.25) is 0 Å². The number of nitrogens with one attached hydrogen (secondary N) is 1. The Morgan fingerprint density at radius 3 is 2.31 bits per heavy atom. The number of hydrogen-bond donors (Lipinski definition) is 1. The summed E-state index contributed by atoms with van der Waals surface area (Å²) in [5.41, 5.74) is 7.01. The van der Waals surface area contributed by atoms with Crippen molar-refractivity contribution in [1.29, 1.82) is 0 Å². The zero-order valence-electron chi connectivity index (χ0n) is 21.4. The number of imidazole rings is 1. The van der Waals surface area contributed by atoms with Crippen LogP contribution < -0.4 is 10.1 Å². The average Bonchev–Trinajstić information content (AvgIpc) is 3.20. The Labute approximate surface area is 212 Å². The van der Waals surface area contributed by atoms with Gasteiger partial charge >= 0.3 is 0 Å². The number of nitrogens with zero attached hydrogens (tertiary/aromatic N) is 3. The molecule has 0 spiro atoms. The number of aromatic nitrogens is 2. The van der Waals surface area contributed by atoms with E-state index in [1.165, 1.54) is 28.8 Å². The van der Waals surface area contributed by atoms with Crippen molar-refractivity contribution >= 4 is 17.0 Å². The van der Waals surface area contributed by atoms with E-state index in [1.807, 2.05) is 24.3 Å². The molecule has 6 heteroatoms. The molecule has 0 saturated carbocycles. The van der Waals surface area contributed by atoms with Crippen LogP contribution in [0.3, 0.4) is 0 Å². The number of fused-ring (bicyclic) bond motifs is 1. The second kappa shape index (κ2) is 10.7. The number of ether oxygens (including phenoxy) is 1. The highest BCUT2D eigenvalue weighted by atomic mass is 19.1. The van der Waals surface area contributed by atoms with Gasteiger partial charge in [-0.05, 0) is 91.8 Å². The Kier molecular flexibility index (Phi) is 7.23. The molecule has 0 bridgehead atoms. The molecule has 1 N–H and O–H groups in total. The van der Waals surface area contributed by atoms with Gasteiger partial charge < -0.3 is 19.5 Å². The van der Waals surface area contributed by atoms with Gasteiger partial charge in [0.1, 0.15) is 11.6 Å². The van der Waals surface area contributed by atoms with E-state index in [0.29, 0.717) is 12.6 Å². The number of halogens is 1. The number of rotatable bonds is 8. The Morgan fingerprint density at radius 1 is 0.944 bits per heavy atom. The highest BCUT2D eigenvalue weighted by molar-refractivity contribution is 5.80. The predicted molar refractivity (Wildman–Crippen MR) is 144 cm³/mol. The molecule has 0 amide bonds. The molecule has 1 aliphatic heterocycles. The highest BCUT2D eigenvalue weighted by Crippen LogP contribution is 2.26. The maximum absolute atomic E-state index is 13.5. The van der Waals surface area contributed by atoms with Crippen molar-refractivity contribution in [2.24, 2.45) is 0 Å². The monoisotopic (exact) mass is 486 g/mol. The molecule has 5 rings (SSSR count). The molecule has 0 atom stereocenters. The molecule has 4 aromatic rings. The Bertz CT molecular complexity index is 1310. The summed E-state index contributed by atoms with van der Waals surface area (Å²) in [7, 11) is 1.70. The smallest absolute Gasteiger partial charge is 0.204 e. The zero-order valence-corrected chi connectivity index (χ0v) is 21.4. The van der Waals surface area contributed by atoms with E-state index >= 15 is 0 Å². The molecular weight excluding hydrogens is 451 g/mol. The lowest BCUT2D eigenvalue weighted by atomic mass is 10.0. The number of piperidine rings is 1. The Balaban J connectivity index is 1.26. The predicted octanol–water partition coefficient (Wildman–Crippen LogP) is 5.97. The molecule has 1 aromatic heterocycles. The van der Waals surface area contributed by atoms with Crippen molar-refractivity contribution in [2.75, 3.05) is 32.1 Å².